The van der Waals surface area contributed by atoms with Gasteiger partial charge in [-0.15, -0.1) is 0 Å². The van der Waals surface area contributed by atoms with Crippen molar-refractivity contribution in [3.05, 3.63) is 93.9 Å². The molecular formula is C33H32FN5O5. The van der Waals surface area contributed by atoms with Crippen LogP contribution in [0.3, 0.4) is 0 Å². The Morgan fingerprint density at radius 1 is 0.932 bits per heavy atom. The third kappa shape index (κ3) is 5.74. The van der Waals surface area contributed by atoms with Crippen LogP contribution in [0.4, 0.5) is 10.2 Å². The number of aromatic nitrogens is 1. The number of amides is 3. The number of hydrogen-bond acceptors (Lipinski definition) is 8. The Morgan fingerprint density at radius 2 is 1.70 bits per heavy atom. The average Bonchev–Trinajstić information content (AvgIpc) is 3.27. The maximum absolute atomic E-state index is 15.2. The SMILES string of the molecule is NC(=O)c1ccc(N2CCN(Cc3ccc(CCc4cccc5c4C(=O)N(C4CCC(=O)CC4=O)C5=O)c(F)c3)CC2)nc1. The number of carbonyl (C=O) groups excluding carboxylic acids is 5. The van der Waals surface area contributed by atoms with Gasteiger partial charge < -0.3 is 10.6 Å². The number of hydrogen-bond donors (Lipinski definition) is 1. The maximum atomic E-state index is 15.2. The number of benzene rings is 2. The number of rotatable bonds is 8. The molecule has 0 spiro atoms. The number of piperazine rings is 1. The van der Waals surface area contributed by atoms with E-state index < -0.39 is 29.5 Å². The number of halogens is 1. The van der Waals surface area contributed by atoms with Crippen molar-refractivity contribution in [1.82, 2.24) is 14.8 Å². The molecule has 1 saturated carbocycles. The van der Waals surface area contributed by atoms with E-state index in [1.807, 2.05) is 6.07 Å². The van der Waals surface area contributed by atoms with Crippen molar-refractivity contribution >= 4 is 35.1 Å². The van der Waals surface area contributed by atoms with Gasteiger partial charge in [0.15, 0.2) is 5.78 Å². The van der Waals surface area contributed by atoms with E-state index in [0.29, 0.717) is 36.1 Å². The van der Waals surface area contributed by atoms with Gasteiger partial charge in [0.05, 0.1) is 29.2 Å². The Hall–Kier alpha value is -4.77. The van der Waals surface area contributed by atoms with Crippen molar-refractivity contribution in [3.63, 3.8) is 0 Å². The standard InChI is InChI=1S/C33H32FN5O5/c34-26-16-20(19-37-12-14-38(15-13-37)29-11-8-23(18-36-29)31(35)42)4-5-21(26)6-7-22-2-1-3-25-30(22)33(44)39(32(25)43)27-10-9-24(40)17-28(27)41/h1-5,8,11,16,18,27H,6-7,9-10,12-15,17,19H2,(H2,35,42). The third-order valence-corrected chi connectivity index (χ3v) is 8.70. The van der Waals surface area contributed by atoms with Crippen LogP contribution in [0.2, 0.25) is 0 Å². The van der Waals surface area contributed by atoms with Crippen LogP contribution in [0.5, 0.6) is 0 Å². The van der Waals surface area contributed by atoms with Crippen molar-refractivity contribution in [2.75, 3.05) is 31.1 Å². The predicted molar refractivity (Wildman–Crippen MR) is 159 cm³/mol. The number of carbonyl (C=O) groups is 5. The summed E-state index contributed by atoms with van der Waals surface area (Å²) in [6.45, 7) is 3.64. The Labute approximate surface area is 253 Å². The quantitative estimate of drug-likeness (QED) is 0.310. The number of anilines is 1. The average molecular weight is 598 g/mol. The monoisotopic (exact) mass is 597 g/mol. The first-order valence-electron chi connectivity index (χ1n) is 14.7. The van der Waals surface area contributed by atoms with Crippen LogP contribution in [0, 0.1) is 5.82 Å². The number of aryl methyl sites for hydroxylation is 2. The van der Waals surface area contributed by atoms with E-state index in [2.05, 4.69) is 14.8 Å². The normalized spacial score (nSPS) is 19.1. The molecule has 44 heavy (non-hydrogen) atoms. The van der Waals surface area contributed by atoms with Gasteiger partial charge in [0.2, 0.25) is 5.91 Å². The van der Waals surface area contributed by atoms with E-state index in [9.17, 15) is 24.0 Å². The van der Waals surface area contributed by atoms with Crippen molar-refractivity contribution < 1.29 is 28.4 Å². The number of nitrogens with zero attached hydrogens (tertiary/aromatic N) is 4. The second kappa shape index (κ2) is 12.1. The molecule has 3 heterocycles. The number of nitrogens with two attached hydrogens (primary N) is 1. The van der Waals surface area contributed by atoms with Crippen LogP contribution in [0.25, 0.3) is 0 Å². The lowest BCUT2D eigenvalue weighted by molar-refractivity contribution is -0.132. The highest BCUT2D eigenvalue weighted by molar-refractivity contribution is 6.24. The van der Waals surface area contributed by atoms with E-state index in [1.54, 1.807) is 42.5 Å². The van der Waals surface area contributed by atoms with E-state index in [0.717, 1.165) is 42.5 Å². The molecule has 3 aromatic rings. The molecule has 2 aromatic carbocycles. The maximum Gasteiger partial charge on any atom is 0.262 e. The summed E-state index contributed by atoms with van der Waals surface area (Å²) >= 11 is 0. The lowest BCUT2D eigenvalue weighted by Crippen LogP contribution is -2.47. The lowest BCUT2D eigenvalue weighted by Gasteiger charge is -2.35. The van der Waals surface area contributed by atoms with Gasteiger partial charge in [0.1, 0.15) is 17.4 Å². The first kappa shape index (κ1) is 29.3. The molecule has 3 aliphatic rings. The van der Waals surface area contributed by atoms with Gasteiger partial charge in [-0.3, -0.25) is 33.8 Å². The topological polar surface area (TPSA) is 134 Å². The zero-order valence-electron chi connectivity index (χ0n) is 24.1. The Morgan fingerprint density at radius 3 is 2.39 bits per heavy atom. The third-order valence-electron chi connectivity index (χ3n) is 8.70. The number of Topliss-reactive ketones (excluding diaryl/α,β-unsaturated/α-hetero) is 2. The lowest BCUT2D eigenvalue weighted by atomic mass is 9.92. The second-order valence-electron chi connectivity index (χ2n) is 11.5. The number of pyridine rings is 1. The number of ketones is 2. The predicted octanol–water partition coefficient (Wildman–Crippen LogP) is 2.71. The van der Waals surface area contributed by atoms with Gasteiger partial charge in [0.25, 0.3) is 11.8 Å². The molecule has 3 amide bonds. The van der Waals surface area contributed by atoms with Gasteiger partial charge in [0, 0.05) is 45.3 Å². The van der Waals surface area contributed by atoms with Crippen molar-refractivity contribution in [3.8, 4) is 0 Å². The molecule has 1 atom stereocenters. The summed E-state index contributed by atoms with van der Waals surface area (Å²) in [5, 5.41) is 0. The van der Waals surface area contributed by atoms with Crippen LogP contribution in [0.1, 0.15) is 67.0 Å². The zero-order chi connectivity index (χ0) is 31.0. The van der Waals surface area contributed by atoms with Gasteiger partial charge in [-0.25, -0.2) is 9.37 Å². The smallest absolute Gasteiger partial charge is 0.262 e. The molecule has 2 aliphatic heterocycles. The van der Waals surface area contributed by atoms with Gasteiger partial charge in [-0.2, -0.15) is 0 Å². The number of primary amides is 1. The van der Waals surface area contributed by atoms with Crippen molar-refractivity contribution in [1.29, 1.82) is 0 Å². The van der Waals surface area contributed by atoms with Crippen LogP contribution in [0.15, 0.2) is 54.7 Å². The zero-order valence-corrected chi connectivity index (χ0v) is 24.1. The fourth-order valence-corrected chi connectivity index (χ4v) is 6.27. The minimum absolute atomic E-state index is 0.148. The molecule has 226 valence electrons. The minimum atomic E-state index is -0.924. The molecule has 0 radical (unpaired) electrons. The van der Waals surface area contributed by atoms with Crippen LogP contribution < -0.4 is 10.6 Å². The van der Waals surface area contributed by atoms with Crippen molar-refractivity contribution in [2.24, 2.45) is 5.73 Å². The Balaban J connectivity index is 1.06. The molecule has 1 aromatic heterocycles. The molecule has 6 rings (SSSR count). The Bertz CT molecular complexity index is 1670. The van der Waals surface area contributed by atoms with E-state index >= 15 is 4.39 Å². The summed E-state index contributed by atoms with van der Waals surface area (Å²) in [5.41, 5.74) is 8.16. The largest absolute Gasteiger partial charge is 0.366 e. The number of fused-ring (bicyclic) bond motifs is 1. The highest BCUT2D eigenvalue weighted by Gasteiger charge is 2.45. The minimum Gasteiger partial charge on any atom is -0.366 e. The molecule has 2 N–H and O–H groups in total. The second-order valence-corrected chi connectivity index (χ2v) is 11.5. The summed E-state index contributed by atoms with van der Waals surface area (Å²) in [6.07, 6.45) is 2.21. The molecule has 11 heteroatoms. The van der Waals surface area contributed by atoms with Crippen LogP contribution >= 0.6 is 0 Å². The van der Waals surface area contributed by atoms with Crippen LogP contribution in [-0.2, 0) is 29.0 Å². The van der Waals surface area contributed by atoms with Gasteiger partial charge >= 0.3 is 0 Å². The molecule has 1 saturated heterocycles. The molecule has 1 unspecified atom stereocenters. The summed E-state index contributed by atoms with van der Waals surface area (Å²) in [4.78, 5) is 71.7. The molecule has 1 aliphatic carbocycles. The summed E-state index contributed by atoms with van der Waals surface area (Å²) < 4.78 is 15.2. The van der Waals surface area contributed by atoms with E-state index in [1.165, 1.54) is 6.20 Å². The van der Waals surface area contributed by atoms with Crippen LogP contribution in [-0.4, -0.2) is 76.3 Å². The molecule has 0 bridgehead atoms. The summed E-state index contributed by atoms with van der Waals surface area (Å²) in [7, 11) is 0. The highest BCUT2D eigenvalue weighted by Crippen LogP contribution is 2.32. The first-order valence-corrected chi connectivity index (χ1v) is 14.7. The van der Waals surface area contributed by atoms with E-state index in [-0.39, 0.29) is 42.0 Å². The molecular weight excluding hydrogens is 565 g/mol. The highest BCUT2D eigenvalue weighted by atomic mass is 19.1. The molecule has 10 nitrogen and oxygen atoms in total. The van der Waals surface area contributed by atoms with Gasteiger partial charge in [-0.05, 0) is 60.2 Å². The Kier molecular flexibility index (Phi) is 8.05. The fourth-order valence-electron chi connectivity index (χ4n) is 6.27. The number of imide groups is 1. The summed E-state index contributed by atoms with van der Waals surface area (Å²) in [6, 6.07) is 12.8. The summed E-state index contributed by atoms with van der Waals surface area (Å²) in [5.74, 6) is -1.68. The van der Waals surface area contributed by atoms with Gasteiger partial charge in [-0.1, -0.05) is 24.3 Å². The fraction of sp³-hybridized carbons (Fsp3) is 0.333. The van der Waals surface area contributed by atoms with Crippen molar-refractivity contribution in [2.45, 2.75) is 44.7 Å². The van der Waals surface area contributed by atoms with E-state index in [4.69, 9.17) is 5.73 Å². The molecule has 2 fully saturated rings. The first-order chi connectivity index (χ1) is 21.2.